The number of carbonyl (C=O) groups excluding carboxylic acids is 2. The largest absolute Gasteiger partial charge is 0.495 e. The highest BCUT2D eigenvalue weighted by molar-refractivity contribution is 8.05. The van der Waals surface area contributed by atoms with Crippen molar-refractivity contribution in [2.75, 3.05) is 24.4 Å². The number of carbonyl (C=O) groups is 2. The number of nitrogens with one attached hydrogen (secondary N) is 3. The first kappa shape index (κ1) is 23.3. The summed E-state index contributed by atoms with van der Waals surface area (Å²) in [6.07, 6.45) is 1.82. The maximum atomic E-state index is 12.5. The summed E-state index contributed by atoms with van der Waals surface area (Å²) >= 11 is 1.40. The Morgan fingerprint density at radius 2 is 1.85 bits per heavy atom. The first-order valence-electron chi connectivity index (χ1n) is 10.7. The number of benzene rings is 3. The van der Waals surface area contributed by atoms with Crippen LogP contribution in [0.25, 0.3) is 6.08 Å². The number of para-hydroxylation sites is 1. The van der Waals surface area contributed by atoms with Crippen LogP contribution in [0.3, 0.4) is 0 Å². The van der Waals surface area contributed by atoms with Gasteiger partial charge in [-0.05, 0) is 60.5 Å². The molecule has 3 aromatic rings. The molecule has 0 bridgehead atoms. The fourth-order valence-corrected chi connectivity index (χ4v) is 4.30. The third-order valence-electron chi connectivity index (χ3n) is 4.98. The van der Waals surface area contributed by atoms with Gasteiger partial charge in [0.15, 0.2) is 12.1 Å². The lowest BCUT2D eigenvalue weighted by Crippen LogP contribution is -2.31. The van der Waals surface area contributed by atoms with Crippen molar-refractivity contribution in [3.63, 3.8) is 0 Å². The van der Waals surface area contributed by atoms with E-state index in [4.69, 9.17) is 9.47 Å². The zero-order valence-corrected chi connectivity index (χ0v) is 19.6. The Morgan fingerprint density at radius 3 is 2.59 bits per heavy atom. The van der Waals surface area contributed by atoms with E-state index in [1.807, 2.05) is 73.7 Å². The third-order valence-corrected chi connectivity index (χ3v) is 6.01. The lowest BCUT2D eigenvalue weighted by molar-refractivity contribution is -0.118. The summed E-state index contributed by atoms with van der Waals surface area (Å²) in [5, 5.41) is 9.01. The van der Waals surface area contributed by atoms with Crippen molar-refractivity contribution in [1.82, 2.24) is 5.32 Å². The average Bonchev–Trinajstić information content (AvgIpc) is 3.17. The fraction of sp³-hybridized carbons (Fsp3) is 0.154. The molecule has 2 amide bonds. The van der Waals surface area contributed by atoms with Gasteiger partial charge in [0.2, 0.25) is 0 Å². The van der Waals surface area contributed by atoms with E-state index in [9.17, 15) is 9.59 Å². The first-order chi connectivity index (χ1) is 16.5. The standard InChI is InChI=1S/C26H25N3O4S/c1-17-8-13-22(32-2)21(14-17)28-26-29-25(31)23(34-26)15-18-9-11-20(12-10-18)33-16-24(30)27-19-6-4-3-5-7-19/h3-15,26,28H,16H2,1-2H3,(H,27,30)(H,29,31)/b23-15-. The highest BCUT2D eigenvalue weighted by Crippen LogP contribution is 2.33. The van der Waals surface area contributed by atoms with Crippen LogP contribution in [0.4, 0.5) is 11.4 Å². The molecule has 34 heavy (non-hydrogen) atoms. The molecule has 1 unspecified atom stereocenters. The molecule has 1 atom stereocenters. The molecule has 1 heterocycles. The summed E-state index contributed by atoms with van der Waals surface area (Å²) in [6, 6.07) is 22.3. The Balaban J connectivity index is 1.33. The fourth-order valence-electron chi connectivity index (χ4n) is 3.32. The Bertz CT molecular complexity index is 1200. The van der Waals surface area contributed by atoms with Crippen molar-refractivity contribution in [2.24, 2.45) is 0 Å². The molecule has 0 spiro atoms. The maximum absolute atomic E-state index is 12.5. The smallest absolute Gasteiger partial charge is 0.262 e. The van der Waals surface area contributed by atoms with Crippen LogP contribution in [0.1, 0.15) is 11.1 Å². The molecule has 1 saturated heterocycles. The number of rotatable bonds is 8. The van der Waals surface area contributed by atoms with Gasteiger partial charge in [-0.25, -0.2) is 0 Å². The van der Waals surface area contributed by atoms with Crippen molar-refractivity contribution in [1.29, 1.82) is 0 Å². The molecule has 174 valence electrons. The minimum atomic E-state index is -0.305. The number of aryl methyl sites for hydroxylation is 1. The second kappa shape index (κ2) is 10.8. The minimum Gasteiger partial charge on any atom is -0.495 e. The molecule has 3 aromatic carbocycles. The predicted octanol–water partition coefficient (Wildman–Crippen LogP) is 4.62. The maximum Gasteiger partial charge on any atom is 0.262 e. The minimum absolute atomic E-state index is 0.0939. The number of ether oxygens (including phenoxy) is 2. The number of methoxy groups -OCH3 is 1. The highest BCUT2D eigenvalue weighted by atomic mass is 32.2. The summed E-state index contributed by atoms with van der Waals surface area (Å²) in [5.74, 6) is 0.901. The van der Waals surface area contributed by atoms with Gasteiger partial charge in [-0.1, -0.05) is 48.2 Å². The third kappa shape index (κ3) is 6.11. The zero-order valence-electron chi connectivity index (χ0n) is 18.8. The highest BCUT2D eigenvalue weighted by Gasteiger charge is 2.27. The van der Waals surface area contributed by atoms with Crippen LogP contribution in [-0.2, 0) is 9.59 Å². The SMILES string of the molecule is COc1ccc(C)cc1NC1NC(=O)/C(=C/c2ccc(OCC(=O)Nc3ccccc3)cc2)S1. The van der Waals surface area contributed by atoms with Crippen molar-refractivity contribution >= 4 is 41.0 Å². The molecule has 0 aliphatic carbocycles. The topological polar surface area (TPSA) is 88.7 Å². The van der Waals surface area contributed by atoms with Gasteiger partial charge in [-0.3, -0.25) is 9.59 Å². The molecule has 1 aliphatic rings. The summed E-state index contributed by atoms with van der Waals surface area (Å²) in [7, 11) is 1.62. The van der Waals surface area contributed by atoms with Crippen LogP contribution in [0.5, 0.6) is 11.5 Å². The first-order valence-corrected chi connectivity index (χ1v) is 11.6. The number of amides is 2. The van der Waals surface area contributed by atoms with E-state index in [0.717, 1.165) is 22.5 Å². The van der Waals surface area contributed by atoms with Gasteiger partial charge in [-0.15, -0.1) is 0 Å². The van der Waals surface area contributed by atoms with E-state index >= 15 is 0 Å². The van der Waals surface area contributed by atoms with Gasteiger partial charge < -0.3 is 25.4 Å². The monoisotopic (exact) mass is 475 g/mol. The molecule has 8 heteroatoms. The molecule has 0 saturated carbocycles. The Kier molecular flexibility index (Phi) is 7.39. The van der Waals surface area contributed by atoms with Gasteiger partial charge in [-0.2, -0.15) is 0 Å². The normalized spacial score (nSPS) is 16.1. The van der Waals surface area contributed by atoms with Gasteiger partial charge >= 0.3 is 0 Å². The molecule has 3 N–H and O–H groups in total. The lowest BCUT2D eigenvalue weighted by atomic mass is 10.2. The van der Waals surface area contributed by atoms with E-state index in [-0.39, 0.29) is 23.9 Å². The van der Waals surface area contributed by atoms with Crippen LogP contribution in [0, 0.1) is 6.92 Å². The van der Waals surface area contributed by atoms with E-state index < -0.39 is 0 Å². The molecular formula is C26H25N3O4S. The lowest BCUT2D eigenvalue weighted by Gasteiger charge is -2.16. The van der Waals surface area contributed by atoms with Crippen LogP contribution < -0.4 is 25.4 Å². The molecule has 4 rings (SSSR count). The number of thioether (sulfide) groups is 1. The summed E-state index contributed by atoms with van der Waals surface area (Å²) in [6.45, 7) is 1.91. The van der Waals surface area contributed by atoms with E-state index in [1.165, 1.54) is 11.8 Å². The van der Waals surface area contributed by atoms with E-state index in [1.54, 1.807) is 19.2 Å². The molecular weight excluding hydrogens is 450 g/mol. The molecule has 1 aliphatic heterocycles. The van der Waals surface area contributed by atoms with Crippen LogP contribution >= 0.6 is 11.8 Å². The Hall–Kier alpha value is -3.91. The molecule has 1 fully saturated rings. The molecule has 0 aromatic heterocycles. The average molecular weight is 476 g/mol. The Morgan fingerprint density at radius 1 is 1.09 bits per heavy atom. The number of hydrogen-bond acceptors (Lipinski definition) is 6. The summed E-state index contributed by atoms with van der Waals surface area (Å²) in [5.41, 5.74) is 3.18. The Labute approximate surface area is 202 Å². The summed E-state index contributed by atoms with van der Waals surface area (Å²) in [4.78, 5) is 25.1. The van der Waals surface area contributed by atoms with E-state index in [0.29, 0.717) is 16.4 Å². The quantitative estimate of drug-likeness (QED) is 0.412. The molecule has 7 nitrogen and oxygen atoms in total. The van der Waals surface area contributed by atoms with E-state index in [2.05, 4.69) is 16.0 Å². The van der Waals surface area contributed by atoms with Crippen molar-refractivity contribution in [3.8, 4) is 11.5 Å². The van der Waals surface area contributed by atoms with Gasteiger partial charge in [0.05, 0.1) is 17.7 Å². The van der Waals surface area contributed by atoms with Crippen LogP contribution in [0.15, 0.2) is 77.7 Å². The van der Waals surface area contributed by atoms with Crippen LogP contribution in [-0.4, -0.2) is 31.0 Å². The van der Waals surface area contributed by atoms with Gasteiger partial charge in [0.1, 0.15) is 11.5 Å². The second-order valence-electron chi connectivity index (χ2n) is 7.60. The number of hydrogen-bond donors (Lipinski definition) is 3. The molecule has 0 radical (unpaired) electrons. The van der Waals surface area contributed by atoms with Crippen molar-refractivity contribution in [2.45, 2.75) is 12.4 Å². The van der Waals surface area contributed by atoms with Gasteiger partial charge in [0, 0.05) is 5.69 Å². The zero-order chi connectivity index (χ0) is 23.9. The van der Waals surface area contributed by atoms with Crippen molar-refractivity contribution < 1.29 is 19.1 Å². The predicted molar refractivity (Wildman–Crippen MR) is 136 cm³/mol. The van der Waals surface area contributed by atoms with Gasteiger partial charge in [0.25, 0.3) is 11.8 Å². The van der Waals surface area contributed by atoms with Crippen LogP contribution in [0.2, 0.25) is 0 Å². The summed E-state index contributed by atoms with van der Waals surface area (Å²) < 4.78 is 11.0. The second-order valence-corrected chi connectivity index (χ2v) is 8.75. The van der Waals surface area contributed by atoms with Crippen molar-refractivity contribution in [3.05, 3.63) is 88.8 Å². The number of anilines is 2.